The van der Waals surface area contributed by atoms with E-state index < -0.39 is 0 Å². The molecule has 0 aliphatic heterocycles. The summed E-state index contributed by atoms with van der Waals surface area (Å²) >= 11 is 5.63. The van der Waals surface area contributed by atoms with Crippen LogP contribution >= 0.6 is 11.6 Å². The van der Waals surface area contributed by atoms with Gasteiger partial charge in [-0.1, -0.05) is 17.7 Å². The molecule has 1 aromatic carbocycles. The summed E-state index contributed by atoms with van der Waals surface area (Å²) in [5.74, 6) is -0.267. The molecule has 17 heavy (non-hydrogen) atoms. The molecule has 0 fully saturated rings. The fraction of sp³-hybridized carbons (Fsp3) is 0. The van der Waals surface area contributed by atoms with Crippen LogP contribution < -0.4 is 5.32 Å². The quantitative estimate of drug-likeness (QED) is 0.804. The van der Waals surface area contributed by atoms with Crippen molar-refractivity contribution < 1.29 is 9.90 Å². The zero-order valence-corrected chi connectivity index (χ0v) is 9.48. The highest BCUT2D eigenvalue weighted by atomic mass is 35.5. The maximum Gasteiger partial charge on any atom is 0.255 e. The molecule has 2 aromatic rings. The number of aromatic hydroxyl groups is 1. The second kappa shape index (κ2) is 4.84. The summed E-state index contributed by atoms with van der Waals surface area (Å²) in [6.07, 6.45) is 1.46. The molecule has 86 valence electrons. The molecule has 1 amide bonds. The number of anilines is 1. The summed E-state index contributed by atoms with van der Waals surface area (Å²) in [5.41, 5.74) is 0.919. The maximum atomic E-state index is 11.8. The van der Waals surface area contributed by atoms with Crippen molar-refractivity contribution in [2.24, 2.45) is 0 Å². The Bertz CT molecular complexity index is 540. The van der Waals surface area contributed by atoms with Gasteiger partial charge < -0.3 is 10.4 Å². The van der Waals surface area contributed by atoms with Gasteiger partial charge in [-0.25, -0.2) is 4.98 Å². The summed E-state index contributed by atoms with van der Waals surface area (Å²) < 4.78 is 0. The van der Waals surface area contributed by atoms with Gasteiger partial charge in [0.15, 0.2) is 0 Å². The van der Waals surface area contributed by atoms with E-state index in [0.29, 0.717) is 16.4 Å². The van der Waals surface area contributed by atoms with Crippen LogP contribution in [0.4, 0.5) is 5.69 Å². The van der Waals surface area contributed by atoms with Crippen molar-refractivity contribution in [1.29, 1.82) is 0 Å². The van der Waals surface area contributed by atoms with Gasteiger partial charge in [-0.05, 0) is 30.3 Å². The van der Waals surface area contributed by atoms with Crippen LogP contribution in [0.15, 0.2) is 42.6 Å². The molecule has 0 saturated carbocycles. The van der Waals surface area contributed by atoms with Crippen LogP contribution in [0.25, 0.3) is 0 Å². The molecule has 1 heterocycles. The molecule has 4 nitrogen and oxygen atoms in total. The first-order chi connectivity index (χ1) is 8.15. The van der Waals surface area contributed by atoms with Crippen LogP contribution in [0, 0.1) is 0 Å². The lowest BCUT2D eigenvalue weighted by molar-refractivity contribution is 0.102. The molecule has 0 aliphatic rings. The fourth-order valence-electron chi connectivity index (χ4n) is 1.30. The first-order valence-electron chi connectivity index (χ1n) is 4.87. The van der Waals surface area contributed by atoms with Gasteiger partial charge in [-0.15, -0.1) is 0 Å². The highest BCUT2D eigenvalue weighted by Crippen LogP contribution is 2.14. The first kappa shape index (κ1) is 11.4. The summed E-state index contributed by atoms with van der Waals surface area (Å²) in [4.78, 5) is 15.6. The number of aromatic nitrogens is 1. The Balaban J connectivity index is 2.14. The lowest BCUT2D eigenvalue weighted by Gasteiger charge is -2.04. The largest absolute Gasteiger partial charge is 0.508 e. The number of nitrogens with one attached hydrogen (secondary N) is 1. The second-order valence-electron chi connectivity index (χ2n) is 3.37. The molecular formula is C12H9ClN2O2. The van der Waals surface area contributed by atoms with E-state index in [1.807, 2.05) is 0 Å². The molecule has 1 aromatic heterocycles. The predicted octanol–water partition coefficient (Wildman–Crippen LogP) is 2.69. The number of amides is 1. The average Bonchev–Trinajstić information content (AvgIpc) is 2.32. The van der Waals surface area contributed by atoms with E-state index in [1.54, 1.807) is 24.3 Å². The number of carbonyl (C=O) groups is 1. The van der Waals surface area contributed by atoms with Gasteiger partial charge in [0.25, 0.3) is 5.91 Å². The van der Waals surface area contributed by atoms with E-state index in [-0.39, 0.29) is 11.7 Å². The highest BCUT2D eigenvalue weighted by Gasteiger charge is 2.06. The van der Waals surface area contributed by atoms with Crippen molar-refractivity contribution in [2.45, 2.75) is 0 Å². The van der Waals surface area contributed by atoms with E-state index >= 15 is 0 Å². The van der Waals surface area contributed by atoms with E-state index in [9.17, 15) is 9.90 Å². The molecule has 0 atom stereocenters. The Labute approximate surface area is 103 Å². The molecular weight excluding hydrogens is 240 g/mol. The molecule has 0 unspecified atom stereocenters. The smallest absolute Gasteiger partial charge is 0.255 e. The third kappa shape index (κ3) is 2.95. The highest BCUT2D eigenvalue weighted by molar-refractivity contribution is 6.29. The number of benzene rings is 1. The van der Waals surface area contributed by atoms with Crippen molar-refractivity contribution >= 4 is 23.2 Å². The number of phenolic OH excluding ortho intramolecular Hbond substituents is 1. The van der Waals surface area contributed by atoms with Crippen LogP contribution in [0.3, 0.4) is 0 Å². The number of pyridine rings is 1. The number of carbonyl (C=O) groups excluding carboxylic acids is 1. The van der Waals surface area contributed by atoms with Crippen LogP contribution in [-0.2, 0) is 0 Å². The van der Waals surface area contributed by atoms with Gasteiger partial charge in [0.2, 0.25) is 0 Å². The summed E-state index contributed by atoms with van der Waals surface area (Å²) in [6, 6.07) is 9.33. The summed E-state index contributed by atoms with van der Waals surface area (Å²) in [6.45, 7) is 0. The molecule has 0 bridgehead atoms. The lowest BCUT2D eigenvalue weighted by Crippen LogP contribution is -2.11. The Morgan fingerprint density at radius 3 is 2.76 bits per heavy atom. The Kier molecular flexibility index (Phi) is 3.25. The third-order valence-electron chi connectivity index (χ3n) is 2.09. The van der Waals surface area contributed by atoms with Crippen molar-refractivity contribution in [3.05, 3.63) is 53.3 Å². The lowest BCUT2D eigenvalue weighted by atomic mass is 10.2. The molecule has 2 N–H and O–H groups in total. The van der Waals surface area contributed by atoms with Crippen molar-refractivity contribution in [3.8, 4) is 5.75 Å². The molecule has 2 rings (SSSR count). The minimum atomic E-state index is -0.315. The molecule has 0 spiro atoms. The SMILES string of the molecule is O=C(Nc1ccc(Cl)nc1)c1cccc(O)c1. The van der Waals surface area contributed by atoms with Crippen LogP contribution in [-0.4, -0.2) is 16.0 Å². The standard InChI is InChI=1S/C12H9ClN2O2/c13-11-5-4-9(7-14-11)15-12(17)8-2-1-3-10(16)6-8/h1-7,16H,(H,15,17). The number of rotatable bonds is 2. The van der Waals surface area contributed by atoms with E-state index in [2.05, 4.69) is 10.3 Å². The predicted molar refractivity (Wildman–Crippen MR) is 65.3 cm³/mol. The summed E-state index contributed by atoms with van der Waals surface area (Å²) in [5, 5.41) is 12.3. The van der Waals surface area contributed by atoms with Gasteiger partial charge in [0, 0.05) is 5.56 Å². The summed E-state index contributed by atoms with van der Waals surface area (Å²) in [7, 11) is 0. The number of nitrogens with zero attached hydrogens (tertiary/aromatic N) is 1. The number of halogens is 1. The Hall–Kier alpha value is -2.07. The fourth-order valence-corrected chi connectivity index (χ4v) is 1.41. The van der Waals surface area contributed by atoms with Crippen molar-refractivity contribution in [3.63, 3.8) is 0 Å². The minimum Gasteiger partial charge on any atom is -0.508 e. The normalized spacial score (nSPS) is 9.94. The van der Waals surface area contributed by atoms with Crippen LogP contribution in [0.5, 0.6) is 5.75 Å². The monoisotopic (exact) mass is 248 g/mol. The molecule has 0 saturated heterocycles. The van der Waals surface area contributed by atoms with Gasteiger partial charge in [0.1, 0.15) is 10.9 Å². The Morgan fingerprint density at radius 1 is 1.29 bits per heavy atom. The molecule has 5 heteroatoms. The van der Waals surface area contributed by atoms with Crippen LogP contribution in [0.2, 0.25) is 5.15 Å². The minimum absolute atomic E-state index is 0.0480. The number of phenols is 1. The molecule has 0 aliphatic carbocycles. The van der Waals surface area contributed by atoms with E-state index in [4.69, 9.17) is 11.6 Å². The third-order valence-corrected chi connectivity index (χ3v) is 2.32. The topological polar surface area (TPSA) is 62.2 Å². The number of hydrogen-bond donors (Lipinski definition) is 2. The second-order valence-corrected chi connectivity index (χ2v) is 3.76. The van der Waals surface area contributed by atoms with Gasteiger partial charge in [-0.2, -0.15) is 0 Å². The van der Waals surface area contributed by atoms with Gasteiger partial charge in [0.05, 0.1) is 11.9 Å². The van der Waals surface area contributed by atoms with Gasteiger partial charge in [-0.3, -0.25) is 4.79 Å². The first-order valence-corrected chi connectivity index (χ1v) is 5.25. The number of hydrogen-bond acceptors (Lipinski definition) is 3. The van der Waals surface area contributed by atoms with E-state index in [1.165, 1.54) is 18.3 Å². The van der Waals surface area contributed by atoms with Crippen LogP contribution in [0.1, 0.15) is 10.4 Å². The average molecular weight is 249 g/mol. The van der Waals surface area contributed by atoms with Gasteiger partial charge >= 0.3 is 0 Å². The zero-order valence-electron chi connectivity index (χ0n) is 8.72. The van der Waals surface area contributed by atoms with Crippen molar-refractivity contribution in [2.75, 3.05) is 5.32 Å². The Morgan fingerprint density at radius 2 is 2.12 bits per heavy atom. The maximum absolute atomic E-state index is 11.8. The van der Waals surface area contributed by atoms with Crippen molar-refractivity contribution in [1.82, 2.24) is 4.98 Å². The zero-order chi connectivity index (χ0) is 12.3. The van der Waals surface area contributed by atoms with E-state index in [0.717, 1.165) is 0 Å². The molecule has 0 radical (unpaired) electrons.